The van der Waals surface area contributed by atoms with Gasteiger partial charge in [-0.3, -0.25) is 9.59 Å². The minimum Gasteiger partial charge on any atom is -0.444 e. The number of nitrogens with zero attached hydrogens (tertiary/aromatic N) is 6. The fourth-order valence-corrected chi connectivity index (χ4v) is 5.97. The molecule has 0 unspecified atom stereocenters. The van der Waals surface area contributed by atoms with Crippen molar-refractivity contribution < 1.29 is 33.0 Å². The first-order valence-electron chi connectivity index (χ1n) is 16.2. The van der Waals surface area contributed by atoms with Crippen molar-refractivity contribution in [1.29, 1.82) is 0 Å². The number of hydrogen-bond donors (Lipinski definition) is 0. The Bertz CT molecular complexity index is 1340. The molecule has 2 aliphatic rings. The SMILES string of the molecule is COCCCCc1c(C(=O)N(CC(C)C)[C@H]2C[C@@H](C(=O)N3CCOCC3)CN(C(=O)OC(C)(C)C)C2)nnn1-c1cccc(F)c1. The van der Waals surface area contributed by atoms with Crippen LogP contribution in [0.2, 0.25) is 0 Å². The Morgan fingerprint density at radius 2 is 1.85 bits per heavy atom. The minimum absolute atomic E-state index is 0.0608. The molecule has 2 aromatic rings. The molecule has 0 aliphatic carbocycles. The molecule has 13 heteroatoms. The highest BCUT2D eigenvalue weighted by Crippen LogP contribution is 2.28. The van der Waals surface area contributed by atoms with Crippen molar-refractivity contribution in [2.75, 3.05) is 59.7 Å². The number of likely N-dealkylation sites (tertiary alicyclic amines) is 1. The summed E-state index contributed by atoms with van der Waals surface area (Å²) in [7, 11) is 1.64. The summed E-state index contributed by atoms with van der Waals surface area (Å²) < 4.78 is 32.1. The van der Waals surface area contributed by atoms with Crippen LogP contribution in [0.3, 0.4) is 0 Å². The Morgan fingerprint density at radius 1 is 1.11 bits per heavy atom. The molecule has 2 fully saturated rings. The summed E-state index contributed by atoms with van der Waals surface area (Å²) in [5.74, 6) is -1.27. The number of amides is 3. The summed E-state index contributed by atoms with van der Waals surface area (Å²) in [4.78, 5) is 46.8. The molecule has 1 aromatic carbocycles. The molecule has 3 heterocycles. The summed E-state index contributed by atoms with van der Waals surface area (Å²) in [6.07, 6.45) is 1.79. The summed E-state index contributed by atoms with van der Waals surface area (Å²) >= 11 is 0. The maximum absolute atomic E-state index is 14.5. The van der Waals surface area contributed by atoms with E-state index < -0.39 is 29.5 Å². The summed E-state index contributed by atoms with van der Waals surface area (Å²) in [5, 5.41) is 8.65. The molecule has 4 rings (SSSR count). The third kappa shape index (κ3) is 9.25. The van der Waals surface area contributed by atoms with E-state index in [-0.39, 0.29) is 36.5 Å². The number of benzene rings is 1. The van der Waals surface area contributed by atoms with Crippen molar-refractivity contribution >= 4 is 17.9 Å². The predicted octanol–water partition coefficient (Wildman–Crippen LogP) is 3.96. The van der Waals surface area contributed by atoms with Gasteiger partial charge in [0.05, 0.1) is 36.6 Å². The number of hydrogen-bond acceptors (Lipinski definition) is 8. The molecule has 0 spiro atoms. The fraction of sp³-hybridized carbons (Fsp3) is 0.667. The van der Waals surface area contributed by atoms with Crippen molar-refractivity contribution in [3.8, 4) is 5.69 Å². The van der Waals surface area contributed by atoms with Gasteiger partial charge in [0.2, 0.25) is 5.91 Å². The topological polar surface area (TPSA) is 119 Å². The van der Waals surface area contributed by atoms with E-state index in [1.807, 2.05) is 13.8 Å². The van der Waals surface area contributed by atoms with Gasteiger partial charge < -0.3 is 28.9 Å². The Kier molecular flexibility index (Phi) is 12.1. The van der Waals surface area contributed by atoms with Crippen LogP contribution in [-0.4, -0.2) is 119 Å². The quantitative estimate of drug-likeness (QED) is 0.338. The van der Waals surface area contributed by atoms with Crippen LogP contribution in [0.1, 0.15) is 70.1 Å². The van der Waals surface area contributed by atoms with Crippen LogP contribution < -0.4 is 0 Å². The van der Waals surface area contributed by atoms with E-state index >= 15 is 0 Å². The van der Waals surface area contributed by atoms with E-state index in [0.717, 1.165) is 6.42 Å². The molecule has 2 atom stereocenters. The lowest BCUT2D eigenvalue weighted by Gasteiger charge is -2.44. The monoisotopic (exact) mass is 644 g/mol. The number of unbranched alkanes of at least 4 members (excludes halogenated alkanes) is 1. The van der Waals surface area contributed by atoms with Gasteiger partial charge in [-0.25, -0.2) is 13.9 Å². The van der Waals surface area contributed by atoms with Gasteiger partial charge in [-0.2, -0.15) is 0 Å². The molecular weight excluding hydrogens is 595 g/mol. The molecule has 0 N–H and O–H groups in total. The normalized spacial score (nSPS) is 19.0. The van der Waals surface area contributed by atoms with Crippen LogP contribution >= 0.6 is 0 Å². The predicted molar refractivity (Wildman–Crippen MR) is 169 cm³/mol. The van der Waals surface area contributed by atoms with Crippen LogP contribution in [0.5, 0.6) is 0 Å². The molecule has 3 amide bonds. The second-order valence-corrected chi connectivity index (χ2v) is 13.5. The average molecular weight is 645 g/mol. The zero-order valence-electron chi connectivity index (χ0n) is 28.0. The maximum Gasteiger partial charge on any atom is 0.410 e. The fourth-order valence-electron chi connectivity index (χ4n) is 5.97. The first-order valence-corrected chi connectivity index (χ1v) is 16.2. The Balaban J connectivity index is 1.70. The molecule has 254 valence electrons. The lowest BCUT2D eigenvalue weighted by atomic mass is 9.91. The van der Waals surface area contributed by atoms with Crippen LogP contribution in [0.4, 0.5) is 9.18 Å². The van der Waals surface area contributed by atoms with E-state index in [1.54, 1.807) is 54.7 Å². The van der Waals surface area contributed by atoms with E-state index in [0.29, 0.717) is 70.1 Å². The first kappa shape index (κ1) is 35.3. The van der Waals surface area contributed by atoms with Crippen molar-refractivity contribution in [3.63, 3.8) is 0 Å². The number of halogens is 1. The molecule has 0 radical (unpaired) electrons. The summed E-state index contributed by atoms with van der Waals surface area (Å²) in [5.41, 5.74) is 0.483. The number of rotatable bonds is 11. The largest absolute Gasteiger partial charge is 0.444 e. The van der Waals surface area contributed by atoms with Crippen LogP contribution in [0, 0.1) is 17.7 Å². The second kappa shape index (κ2) is 15.8. The van der Waals surface area contributed by atoms with Crippen molar-refractivity contribution in [2.45, 2.75) is 71.9 Å². The van der Waals surface area contributed by atoms with Crippen LogP contribution in [0.15, 0.2) is 24.3 Å². The number of aromatic nitrogens is 3. The van der Waals surface area contributed by atoms with Gasteiger partial charge in [0.15, 0.2) is 5.69 Å². The molecule has 2 saturated heterocycles. The number of carbonyl (C=O) groups excluding carboxylic acids is 3. The van der Waals surface area contributed by atoms with Gasteiger partial charge in [0.25, 0.3) is 5.91 Å². The molecule has 46 heavy (non-hydrogen) atoms. The van der Waals surface area contributed by atoms with Gasteiger partial charge in [-0.1, -0.05) is 25.1 Å². The third-order valence-corrected chi connectivity index (χ3v) is 8.05. The molecular formula is C33H49FN6O6. The van der Waals surface area contributed by atoms with Crippen LogP contribution in [0.25, 0.3) is 5.69 Å². The highest BCUT2D eigenvalue weighted by atomic mass is 19.1. The van der Waals surface area contributed by atoms with Gasteiger partial charge in [0.1, 0.15) is 11.4 Å². The third-order valence-electron chi connectivity index (χ3n) is 8.05. The zero-order chi connectivity index (χ0) is 33.4. The molecule has 0 bridgehead atoms. The van der Waals surface area contributed by atoms with Gasteiger partial charge in [-0.05, 0) is 70.6 Å². The summed E-state index contributed by atoms with van der Waals surface area (Å²) in [6.45, 7) is 12.7. The lowest BCUT2D eigenvalue weighted by molar-refractivity contribution is -0.142. The Morgan fingerprint density at radius 3 is 2.50 bits per heavy atom. The molecule has 12 nitrogen and oxygen atoms in total. The Labute approximate surface area is 271 Å². The highest BCUT2D eigenvalue weighted by molar-refractivity contribution is 5.94. The standard InChI is InChI=1S/C33H49FN6O6/c1-23(2)20-39(31(42)29-28(12-7-8-15-44-6)40(36-35-29)26-11-9-10-25(34)19-26)27-18-24(30(41)37-13-16-45-17-14-37)21-38(22-27)32(43)46-33(3,4)5/h9-11,19,23-24,27H,7-8,12-18,20-22H2,1-6H3/t24-,27+/m1/s1. The number of ether oxygens (including phenoxy) is 3. The van der Waals surface area contributed by atoms with Gasteiger partial charge >= 0.3 is 6.09 Å². The number of morpholine rings is 1. The van der Waals surface area contributed by atoms with E-state index in [4.69, 9.17) is 14.2 Å². The maximum atomic E-state index is 14.5. The lowest BCUT2D eigenvalue weighted by Crippen LogP contribution is -2.58. The van der Waals surface area contributed by atoms with Gasteiger partial charge in [-0.15, -0.1) is 5.10 Å². The average Bonchev–Trinajstić information content (AvgIpc) is 3.44. The molecule has 2 aliphatic heterocycles. The van der Waals surface area contributed by atoms with Crippen molar-refractivity contribution in [3.05, 3.63) is 41.5 Å². The zero-order valence-corrected chi connectivity index (χ0v) is 28.0. The number of methoxy groups -OCH3 is 1. The van der Waals surface area contributed by atoms with Gasteiger partial charge in [0, 0.05) is 46.4 Å². The van der Waals surface area contributed by atoms with E-state index in [9.17, 15) is 18.8 Å². The van der Waals surface area contributed by atoms with E-state index in [2.05, 4.69) is 10.3 Å². The smallest absolute Gasteiger partial charge is 0.410 e. The van der Waals surface area contributed by atoms with Crippen molar-refractivity contribution in [1.82, 2.24) is 29.7 Å². The highest BCUT2D eigenvalue weighted by Gasteiger charge is 2.42. The van der Waals surface area contributed by atoms with E-state index in [1.165, 1.54) is 16.8 Å². The number of carbonyl (C=O) groups is 3. The number of piperidine rings is 1. The summed E-state index contributed by atoms with van der Waals surface area (Å²) in [6, 6.07) is 5.54. The second-order valence-electron chi connectivity index (χ2n) is 13.5. The van der Waals surface area contributed by atoms with Crippen molar-refractivity contribution in [2.24, 2.45) is 11.8 Å². The molecule has 1 aromatic heterocycles. The molecule has 0 saturated carbocycles. The first-order chi connectivity index (χ1) is 21.9. The minimum atomic E-state index is -0.728. The Hall–Kier alpha value is -3.58. The van der Waals surface area contributed by atoms with Crippen LogP contribution in [-0.2, 0) is 25.4 Å².